The molecule has 4 rings (SSSR count). The molecule has 194 valence electrons. The number of hydrogen-bond acceptors (Lipinski definition) is 5. The molecule has 0 spiro atoms. The molecule has 0 radical (unpaired) electrons. The summed E-state index contributed by atoms with van der Waals surface area (Å²) in [6.45, 7) is 4.77. The number of benzene rings is 3. The van der Waals surface area contributed by atoms with Crippen LogP contribution in [0.2, 0.25) is 0 Å². The van der Waals surface area contributed by atoms with Crippen molar-refractivity contribution in [3.8, 4) is 23.1 Å². The number of ether oxygens (including phenoxy) is 1. The van der Waals surface area contributed by atoms with E-state index in [4.69, 9.17) is 20.1 Å². The second-order valence-electron chi connectivity index (χ2n) is 9.12. The van der Waals surface area contributed by atoms with Crippen LogP contribution in [0.15, 0.2) is 65.7 Å². The van der Waals surface area contributed by atoms with Crippen molar-refractivity contribution in [1.29, 1.82) is 5.26 Å². The van der Waals surface area contributed by atoms with Crippen molar-refractivity contribution < 1.29 is 14.6 Å². The average molecular weight is 511 g/mol. The van der Waals surface area contributed by atoms with E-state index < -0.39 is 6.16 Å². The maximum absolute atomic E-state index is 11.1. The number of aromatic nitrogens is 2. The number of hydrogen-bond donors (Lipinski definition) is 2. The average Bonchev–Trinajstić information content (AvgIpc) is 3.22. The lowest BCUT2D eigenvalue weighted by atomic mass is 10.0. The number of nitriles is 1. The molecular weight excluding hydrogens is 480 g/mol. The van der Waals surface area contributed by atoms with E-state index in [1.165, 1.54) is 0 Å². The van der Waals surface area contributed by atoms with Gasteiger partial charge in [0.05, 0.1) is 16.7 Å². The molecule has 0 saturated heterocycles. The number of aryl methyl sites for hydroxylation is 2. The van der Waals surface area contributed by atoms with Crippen molar-refractivity contribution in [2.75, 3.05) is 14.1 Å². The highest BCUT2D eigenvalue weighted by Crippen LogP contribution is 2.31. The van der Waals surface area contributed by atoms with Crippen molar-refractivity contribution in [1.82, 2.24) is 19.8 Å². The van der Waals surface area contributed by atoms with Crippen molar-refractivity contribution in [2.24, 2.45) is 4.99 Å². The molecular formula is C29H30N6O3. The third-order valence-electron chi connectivity index (χ3n) is 6.10. The van der Waals surface area contributed by atoms with Crippen molar-refractivity contribution in [2.45, 2.75) is 33.2 Å². The van der Waals surface area contributed by atoms with Crippen LogP contribution in [0, 0.1) is 18.4 Å². The Labute approximate surface area is 221 Å². The number of fused-ring (bicyclic) bond motifs is 1. The molecule has 9 nitrogen and oxygen atoms in total. The summed E-state index contributed by atoms with van der Waals surface area (Å²) in [4.78, 5) is 22.5. The van der Waals surface area contributed by atoms with Crippen molar-refractivity contribution in [3.05, 3.63) is 77.6 Å². The fraction of sp³-hybridized carbons (Fsp3) is 0.241. The minimum atomic E-state index is -1.34. The van der Waals surface area contributed by atoms with Crippen molar-refractivity contribution >= 4 is 28.8 Å². The van der Waals surface area contributed by atoms with Gasteiger partial charge in [-0.15, -0.1) is 0 Å². The third-order valence-corrected chi connectivity index (χ3v) is 6.10. The molecule has 0 atom stereocenters. The van der Waals surface area contributed by atoms with Gasteiger partial charge in [-0.3, -0.25) is 5.32 Å². The third kappa shape index (κ3) is 5.76. The monoisotopic (exact) mass is 510 g/mol. The number of para-hydroxylation sites is 1. The van der Waals surface area contributed by atoms with Crippen LogP contribution >= 0.6 is 0 Å². The number of nitrogens with zero attached hydrogens (tertiary/aromatic N) is 5. The quantitative estimate of drug-likeness (QED) is 0.0819. The Kier molecular flexibility index (Phi) is 7.92. The Balaban J connectivity index is 1.73. The molecule has 0 amide bonds. The van der Waals surface area contributed by atoms with Crippen LogP contribution in [-0.4, -0.2) is 45.8 Å². The Morgan fingerprint density at radius 2 is 1.92 bits per heavy atom. The van der Waals surface area contributed by atoms with Gasteiger partial charge in [-0.1, -0.05) is 49.4 Å². The Morgan fingerprint density at radius 3 is 2.58 bits per heavy atom. The van der Waals surface area contributed by atoms with Crippen LogP contribution in [0.25, 0.3) is 22.2 Å². The molecule has 0 aliphatic rings. The number of guanidine groups is 1. The summed E-state index contributed by atoms with van der Waals surface area (Å²) < 4.78 is 7.17. The second kappa shape index (κ2) is 11.5. The van der Waals surface area contributed by atoms with Gasteiger partial charge in [-0.05, 0) is 48.2 Å². The van der Waals surface area contributed by atoms with Gasteiger partial charge >= 0.3 is 6.16 Å². The summed E-state index contributed by atoms with van der Waals surface area (Å²) in [5.41, 5.74) is 6.31. The number of imidazole rings is 1. The van der Waals surface area contributed by atoms with Crippen LogP contribution < -0.4 is 10.1 Å². The Hall–Kier alpha value is -4.84. The summed E-state index contributed by atoms with van der Waals surface area (Å²) in [6.07, 6.45) is 2.39. The molecule has 1 heterocycles. The number of carbonyl (C=O) groups is 1. The van der Waals surface area contributed by atoms with Gasteiger partial charge in [0.2, 0.25) is 5.96 Å². The fourth-order valence-corrected chi connectivity index (χ4v) is 4.35. The first-order valence-corrected chi connectivity index (χ1v) is 12.3. The van der Waals surface area contributed by atoms with Crippen LogP contribution in [-0.2, 0) is 13.0 Å². The summed E-state index contributed by atoms with van der Waals surface area (Å²) in [6, 6.07) is 19.1. The molecule has 1 aromatic heterocycles. The number of rotatable bonds is 7. The van der Waals surface area contributed by atoms with Gasteiger partial charge in [0.1, 0.15) is 11.6 Å². The highest BCUT2D eigenvalue weighted by molar-refractivity contribution is 5.87. The first-order valence-electron chi connectivity index (χ1n) is 12.3. The molecule has 2 N–H and O–H groups in total. The van der Waals surface area contributed by atoms with E-state index in [1.807, 2.05) is 75.7 Å². The van der Waals surface area contributed by atoms with E-state index in [-0.39, 0.29) is 0 Å². The van der Waals surface area contributed by atoms with Crippen LogP contribution in [0.3, 0.4) is 0 Å². The highest BCUT2D eigenvalue weighted by atomic mass is 16.7. The molecule has 0 aliphatic carbocycles. The topological polar surface area (TPSA) is 116 Å². The molecule has 4 aromatic rings. The lowest BCUT2D eigenvalue weighted by Crippen LogP contribution is -2.32. The van der Waals surface area contributed by atoms with Gasteiger partial charge in [0.25, 0.3) is 0 Å². The van der Waals surface area contributed by atoms with Gasteiger partial charge < -0.3 is 19.3 Å². The predicted molar refractivity (Wildman–Crippen MR) is 148 cm³/mol. The summed E-state index contributed by atoms with van der Waals surface area (Å²) in [7, 11) is 3.65. The van der Waals surface area contributed by atoms with E-state index in [1.54, 1.807) is 17.0 Å². The maximum atomic E-state index is 11.1. The summed E-state index contributed by atoms with van der Waals surface area (Å²) in [5.74, 6) is 1.75. The van der Waals surface area contributed by atoms with E-state index in [0.717, 1.165) is 52.1 Å². The molecule has 0 bridgehead atoms. The normalized spacial score (nSPS) is 11.3. The Morgan fingerprint density at radius 1 is 1.18 bits per heavy atom. The lowest BCUT2D eigenvalue weighted by Gasteiger charge is -2.14. The smallest absolute Gasteiger partial charge is 0.449 e. The van der Waals surface area contributed by atoms with Crippen LogP contribution in [0.5, 0.6) is 5.75 Å². The summed E-state index contributed by atoms with van der Waals surface area (Å²) in [5, 5.41) is 20.8. The van der Waals surface area contributed by atoms with E-state index in [9.17, 15) is 4.79 Å². The molecule has 0 saturated carbocycles. The molecule has 0 fully saturated rings. The van der Waals surface area contributed by atoms with E-state index >= 15 is 0 Å². The minimum absolute atomic E-state index is 0.296. The van der Waals surface area contributed by atoms with Crippen LogP contribution in [0.4, 0.5) is 10.5 Å². The Bertz CT molecular complexity index is 1530. The van der Waals surface area contributed by atoms with E-state index in [0.29, 0.717) is 23.8 Å². The SMILES string of the molecule is CCCc1nc2c(C)cc(N=C(NC#N)N(C)C)cc2n1Cc1ccc(-c2ccccc2OC(=O)O)cc1. The first-order chi connectivity index (χ1) is 18.3. The molecule has 9 heteroatoms. The highest BCUT2D eigenvalue weighted by Gasteiger charge is 2.15. The van der Waals surface area contributed by atoms with Gasteiger partial charge in [-0.2, -0.15) is 5.26 Å². The number of carboxylic acid groups (broad SMARTS) is 1. The van der Waals surface area contributed by atoms with Crippen LogP contribution in [0.1, 0.15) is 30.3 Å². The second-order valence-corrected chi connectivity index (χ2v) is 9.12. The fourth-order valence-electron chi connectivity index (χ4n) is 4.35. The molecule has 3 aromatic carbocycles. The zero-order valence-corrected chi connectivity index (χ0v) is 21.9. The van der Waals surface area contributed by atoms with E-state index in [2.05, 4.69) is 21.8 Å². The van der Waals surface area contributed by atoms with Gasteiger partial charge in [0.15, 0.2) is 6.19 Å². The molecule has 38 heavy (non-hydrogen) atoms. The largest absolute Gasteiger partial charge is 0.511 e. The first kappa shape index (κ1) is 26.2. The van der Waals surface area contributed by atoms with Crippen molar-refractivity contribution in [3.63, 3.8) is 0 Å². The van der Waals surface area contributed by atoms with Gasteiger partial charge in [0, 0.05) is 32.6 Å². The zero-order valence-electron chi connectivity index (χ0n) is 21.9. The molecule has 0 unspecified atom stereocenters. The predicted octanol–water partition coefficient (Wildman–Crippen LogP) is 5.69. The molecule has 0 aliphatic heterocycles. The minimum Gasteiger partial charge on any atom is -0.449 e. The number of nitrogens with one attached hydrogen (secondary N) is 1. The standard InChI is InChI=1S/C29H30N6O3/c1-5-8-26-33-27-19(2)15-22(32-28(31-18-30)34(3)4)16-24(27)35(26)17-20-11-13-21(14-12-20)23-9-6-7-10-25(23)38-29(36)37/h6-7,9-16H,5,8,17H2,1-4H3,(H,31,32)(H,36,37). The maximum Gasteiger partial charge on any atom is 0.511 e. The zero-order chi connectivity index (χ0) is 27.2. The number of aliphatic imine (C=N–C) groups is 1. The van der Waals surface area contributed by atoms with Gasteiger partial charge in [-0.25, -0.2) is 14.8 Å². The lowest BCUT2D eigenvalue weighted by molar-refractivity contribution is 0.144. The summed E-state index contributed by atoms with van der Waals surface area (Å²) >= 11 is 0.